The number of aromatic nitrogens is 1. The molecular formula is C19H30N2O. The van der Waals surface area contributed by atoms with E-state index >= 15 is 0 Å². The molecule has 122 valence electrons. The molecule has 22 heavy (non-hydrogen) atoms. The molecule has 1 heterocycles. The maximum atomic E-state index is 5.95. The first-order valence-corrected chi connectivity index (χ1v) is 8.79. The Morgan fingerprint density at radius 2 is 1.73 bits per heavy atom. The van der Waals surface area contributed by atoms with Crippen molar-refractivity contribution >= 4 is 10.9 Å². The maximum Gasteiger partial charge on any atom is 0.115 e. The Bertz CT molecular complexity index is 547. The number of hydrogen-bond donors (Lipinski definition) is 1. The van der Waals surface area contributed by atoms with E-state index < -0.39 is 0 Å². The van der Waals surface area contributed by atoms with Gasteiger partial charge in [-0.2, -0.15) is 4.73 Å². The Morgan fingerprint density at radius 3 is 2.50 bits per heavy atom. The number of benzene rings is 1. The van der Waals surface area contributed by atoms with Crippen LogP contribution in [0.25, 0.3) is 10.9 Å². The second kappa shape index (κ2) is 9.52. The highest BCUT2D eigenvalue weighted by Crippen LogP contribution is 2.20. The Labute approximate surface area is 134 Å². The molecule has 0 unspecified atom stereocenters. The lowest BCUT2D eigenvalue weighted by Crippen LogP contribution is -2.11. The summed E-state index contributed by atoms with van der Waals surface area (Å²) in [5.74, 6) is 0. The highest BCUT2D eigenvalue weighted by atomic mass is 16.7. The van der Waals surface area contributed by atoms with Crippen LogP contribution >= 0.6 is 0 Å². The lowest BCUT2D eigenvalue weighted by atomic mass is 10.1. The smallest absolute Gasteiger partial charge is 0.115 e. The predicted octanol–water partition coefficient (Wildman–Crippen LogP) is 4.32. The van der Waals surface area contributed by atoms with E-state index in [1.165, 1.54) is 49.5 Å². The fourth-order valence-corrected chi connectivity index (χ4v) is 2.90. The van der Waals surface area contributed by atoms with Crippen LogP contribution in [0.15, 0.2) is 30.5 Å². The van der Waals surface area contributed by atoms with E-state index in [9.17, 15) is 0 Å². The van der Waals surface area contributed by atoms with Gasteiger partial charge in [0.05, 0.1) is 5.52 Å². The zero-order chi connectivity index (χ0) is 15.6. The molecule has 0 aliphatic rings. The minimum atomic E-state index is 0.672. The van der Waals surface area contributed by atoms with Gasteiger partial charge in [0.2, 0.25) is 0 Å². The summed E-state index contributed by atoms with van der Waals surface area (Å²) in [5, 5.41) is 1.26. The topological polar surface area (TPSA) is 40.2 Å². The van der Waals surface area contributed by atoms with Gasteiger partial charge in [0.15, 0.2) is 0 Å². The van der Waals surface area contributed by atoms with Crippen molar-refractivity contribution in [1.82, 2.24) is 4.73 Å². The Morgan fingerprint density at radius 1 is 1.00 bits per heavy atom. The second-order valence-corrected chi connectivity index (χ2v) is 5.99. The molecule has 0 amide bonds. The average molecular weight is 302 g/mol. The van der Waals surface area contributed by atoms with E-state index in [4.69, 9.17) is 10.6 Å². The van der Waals surface area contributed by atoms with Crippen LogP contribution in [0.4, 0.5) is 0 Å². The van der Waals surface area contributed by atoms with Crippen LogP contribution < -0.4 is 10.6 Å². The predicted molar refractivity (Wildman–Crippen MR) is 94.1 cm³/mol. The highest BCUT2D eigenvalue weighted by molar-refractivity contribution is 5.83. The van der Waals surface area contributed by atoms with E-state index in [0.717, 1.165) is 25.0 Å². The van der Waals surface area contributed by atoms with Gasteiger partial charge in [0, 0.05) is 11.6 Å². The summed E-state index contributed by atoms with van der Waals surface area (Å²) in [5.41, 5.74) is 8.12. The van der Waals surface area contributed by atoms with Crippen molar-refractivity contribution in [2.75, 3.05) is 13.2 Å². The summed E-state index contributed by atoms with van der Waals surface area (Å²) >= 11 is 0. The molecule has 1 aromatic carbocycles. The van der Waals surface area contributed by atoms with Crippen molar-refractivity contribution in [2.45, 2.75) is 58.3 Å². The van der Waals surface area contributed by atoms with E-state index in [0.29, 0.717) is 6.54 Å². The van der Waals surface area contributed by atoms with Gasteiger partial charge in [-0.1, -0.05) is 57.2 Å². The van der Waals surface area contributed by atoms with Gasteiger partial charge in [0.1, 0.15) is 6.61 Å². The normalized spacial score (nSPS) is 11.2. The van der Waals surface area contributed by atoms with Crippen LogP contribution in [-0.2, 0) is 6.42 Å². The molecule has 0 aliphatic heterocycles. The summed E-state index contributed by atoms with van der Waals surface area (Å²) < 4.78 is 1.93. The van der Waals surface area contributed by atoms with E-state index in [-0.39, 0.29) is 0 Å². The molecule has 3 nitrogen and oxygen atoms in total. The van der Waals surface area contributed by atoms with Crippen LogP contribution in [0.5, 0.6) is 0 Å². The molecule has 0 fully saturated rings. The number of rotatable bonds is 11. The van der Waals surface area contributed by atoms with Gasteiger partial charge >= 0.3 is 0 Å². The van der Waals surface area contributed by atoms with Crippen LogP contribution in [0.3, 0.4) is 0 Å². The number of para-hydroxylation sites is 1. The Balaban J connectivity index is 1.79. The lowest BCUT2D eigenvalue weighted by Gasteiger charge is -2.08. The van der Waals surface area contributed by atoms with E-state index in [1.54, 1.807) is 0 Å². The zero-order valence-electron chi connectivity index (χ0n) is 13.9. The van der Waals surface area contributed by atoms with Crippen LogP contribution in [-0.4, -0.2) is 17.9 Å². The third-order valence-electron chi connectivity index (χ3n) is 4.15. The number of nitrogens with zero attached hydrogens (tertiary/aromatic N) is 1. The molecule has 1 aromatic heterocycles. The van der Waals surface area contributed by atoms with Gasteiger partial charge < -0.3 is 10.6 Å². The summed E-state index contributed by atoms with van der Waals surface area (Å²) in [6.07, 6.45) is 12.1. The number of unbranched alkanes of at least 4 members (excludes halogenated alkanes) is 6. The average Bonchev–Trinajstić information content (AvgIpc) is 2.89. The molecule has 0 atom stereocenters. The Hall–Kier alpha value is -1.48. The molecule has 0 saturated carbocycles. The first kappa shape index (κ1) is 16.9. The third-order valence-corrected chi connectivity index (χ3v) is 4.15. The summed E-state index contributed by atoms with van der Waals surface area (Å²) in [7, 11) is 0. The van der Waals surface area contributed by atoms with Gasteiger partial charge in [-0.25, -0.2) is 0 Å². The van der Waals surface area contributed by atoms with Gasteiger partial charge in [-0.05, 0) is 37.4 Å². The molecule has 2 aromatic rings. The summed E-state index contributed by atoms with van der Waals surface area (Å²) in [4.78, 5) is 5.95. The Kier molecular flexibility index (Phi) is 7.31. The SMILES string of the molecule is CCCCCCCCCOn1cc(CCN)c2ccccc21. The third kappa shape index (κ3) is 4.77. The molecule has 0 aliphatic carbocycles. The van der Waals surface area contributed by atoms with Crippen LogP contribution in [0.2, 0.25) is 0 Å². The summed E-state index contributed by atoms with van der Waals surface area (Å²) in [6, 6.07) is 8.39. The second-order valence-electron chi connectivity index (χ2n) is 5.99. The molecule has 0 bridgehead atoms. The van der Waals surface area contributed by atoms with E-state index in [1.807, 2.05) is 4.73 Å². The van der Waals surface area contributed by atoms with Crippen molar-refractivity contribution in [3.63, 3.8) is 0 Å². The first-order chi connectivity index (χ1) is 10.9. The van der Waals surface area contributed by atoms with Crippen molar-refractivity contribution < 1.29 is 4.84 Å². The molecular weight excluding hydrogens is 272 g/mol. The minimum absolute atomic E-state index is 0.672. The fraction of sp³-hybridized carbons (Fsp3) is 0.579. The largest absolute Gasteiger partial charge is 0.414 e. The fourth-order valence-electron chi connectivity index (χ4n) is 2.90. The molecule has 2 rings (SSSR count). The molecule has 0 spiro atoms. The lowest BCUT2D eigenvalue weighted by molar-refractivity contribution is 0.116. The molecule has 3 heteroatoms. The van der Waals surface area contributed by atoms with Crippen LogP contribution in [0.1, 0.15) is 57.4 Å². The minimum Gasteiger partial charge on any atom is -0.414 e. The van der Waals surface area contributed by atoms with Crippen molar-refractivity contribution in [2.24, 2.45) is 5.73 Å². The number of fused-ring (bicyclic) bond motifs is 1. The summed E-state index contributed by atoms with van der Waals surface area (Å²) in [6.45, 7) is 3.72. The zero-order valence-corrected chi connectivity index (χ0v) is 13.9. The number of hydrogen-bond acceptors (Lipinski definition) is 2. The first-order valence-electron chi connectivity index (χ1n) is 8.79. The molecule has 2 N–H and O–H groups in total. The van der Waals surface area contributed by atoms with Crippen molar-refractivity contribution in [3.8, 4) is 0 Å². The standard InChI is InChI=1S/C19H30N2O/c1-2-3-4-5-6-7-10-15-22-21-16-17(13-14-20)18-11-8-9-12-19(18)21/h8-9,11-12,16H,2-7,10,13-15,20H2,1H3. The number of nitrogens with two attached hydrogens (primary N) is 1. The van der Waals surface area contributed by atoms with Gasteiger partial charge in [-0.3, -0.25) is 0 Å². The quantitative estimate of drug-likeness (QED) is 0.628. The molecule has 0 saturated heterocycles. The van der Waals surface area contributed by atoms with Crippen molar-refractivity contribution in [3.05, 3.63) is 36.0 Å². The highest BCUT2D eigenvalue weighted by Gasteiger charge is 2.07. The molecule has 0 radical (unpaired) electrons. The monoisotopic (exact) mass is 302 g/mol. The maximum absolute atomic E-state index is 5.95. The van der Waals surface area contributed by atoms with E-state index in [2.05, 4.69) is 37.4 Å². The van der Waals surface area contributed by atoms with Crippen molar-refractivity contribution in [1.29, 1.82) is 0 Å². The van der Waals surface area contributed by atoms with Crippen LogP contribution in [0, 0.1) is 0 Å². The van der Waals surface area contributed by atoms with Gasteiger partial charge in [-0.15, -0.1) is 0 Å². The van der Waals surface area contributed by atoms with Gasteiger partial charge in [0.25, 0.3) is 0 Å².